The first-order valence-electron chi connectivity index (χ1n) is 10.6. The van der Waals surface area contributed by atoms with E-state index in [4.69, 9.17) is 9.47 Å². The van der Waals surface area contributed by atoms with Crippen LogP contribution in [0.15, 0.2) is 41.3 Å². The van der Waals surface area contributed by atoms with Gasteiger partial charge in [-0.1, -0.05) is 12.1 Å². The van der Waals surface area contributed by atoms with Crippen LogP contribution in [-0.2, 0) is 14.8 Å². The lowest BCUT2D eigenvalue weighted by Crippen LogP contribution is -2.41. The maximum absolute atomic E-state index is 14.4. The monoisotopic (exact) mass is 482 g/mol. The quantitative estimate of drug-likeness (QED) is 0.599. The zero-order valence-electron chi connectivity index (χ0n) is 18.7. The molecule has 180 valence electrons. The third-order valence-corrected chi connectivity index (χ3v) is 7.41. The Balaban J connectivity index is 1.58. The van der Waals surface area contributed by atoms with E-state index < -0.39 is 26.8 Å². The molecule has 0 saturated heterocycles. The van der Waals surface area contributed by atoms with Gasteiger partial charge in [0.1, 0.15) is 16.5 Å². The van der Waals surface area contributed by atoms with E-state index in [-0.39, 0.29) is 35.2 Å². The van der Waals surface area contributed by atoms with Crippen LogP contribution in [0.4, 0.5) is 8.78 Å². The number of halogens is 2. The molecule has 2 N–H and O–H groups in total. The molecule has 2 aromatic rings. The number of amides is 1. The zero-order valence-corrected chi connectivity index (χ0v) is 19.5. The van der Waals surface area contributed by atoms with Crippen molar-refractivity contribution in [2.75, 3.05) is 14.2 Å². The number of methoxy groups -OCH3 is 2. The van der Waals surface area contributed by atoms with Crippen LogP contribution in [0.5, 0.6) is 11.5 Å². The van der Waals surface area contributed by atoms with E-state index in [1.165, 1.54) is 26.4 Å². The fourth-order valence-corrected chi connectivity index (χ4v) is 5.34. The first-order chi connectivity index (χ1) is 15.6. The van der Waals surface area contributed by atoms with Gasteiger partial charge in [0, 0.05) is 24.1 Å². The van der Waals surface area contributed by atoms with Crippen molar-refractivity contribution in [1.29, 1.82) is 0 Å². The van der Waals surface area contributed by atoms with Gasteiger partial charge < -0.3 is 14.8 Å². The molecule has 2 aromatic carbocycles. The van der Waals surface area contributed by atoms with Crippen molar-refractivity contribution in [2.24, 2.45) is 5.92 Å². The lowest BCUT2D eigenvalue weighted by atomic mass is 9.85. The Morgan fingerprint density at radius 2 is 1.58 bits per heavy atom. The topological polar surface area (TPSA) is 93.7 Å². The average molecular weight is 483 g/mol. The first-order valence-corrected chi connectivity index (χ1v) is 12.1. The van der Waals surface area contributed by atoms with E-state index in [1.807, 2.05) is 6.92 Å². The van der Waals surface area contributed by atoms with Gasteiger partial charge in [0.25, 0.3) is 0 Å². The predicted octanol–water partition coefficient (Wildman–Crippen LogP) is 3.70. The summed E-state index contributed by atoms with van der Waals surface area (Å²) in [5, 5.41) is 2.93. The molecule has 0 spiro atoms. The largest absolute Gasteiger partial charge is 0.493 e. The summed E-state index contributed by atoms with van der Waals surface area (Å²) in [5.41, 5.74) is 0.795. The van der Waals surface area contributed by atoms with Crippen molar-refractivity contribution in [3.8, 4) is 11.5 Å². The predicted molar refractivity (Wildman–Crippen MR) is 119 cm³/mol. The molecule has 0 radical (unpaired) electrons. The maximum Gasteiger partial charge on any atom is 0.243 e. The summed E-state index contributed by atoms with van der Waals surface area (Å²) in [6, 6.07) is 7.30. The zero-order chi connectivity index (χ0) is 24.2. The molecule has 0 aromatic heterocycles. The summed E-state index contributed by atoms with van der Waals surface area (Å²) in [5.74, 6) is -1.47. The second kappa shape index (κ2) is 10.5. The highest BCUT2D eigenvalue weighted by atomic mass is 32.2. The Labute approximate surface area is 192 Å². The summed E-state index contributed by atoms with van der Waals surface area (Å²) >= 11 is 0. The SMILES string of the molecule is COc1cc(F)c(S(=O)(=O)N[C@H]2CC[C@H](C(=O)N[C@H](C)c3ccc(F)cc3)CC2)cc1OC. The molecule has 10 heteroatoms. The highest BCUT2D eigenvalue weighted by Crippen LogP contribution is 2.33. The minimum absolute atomic E-state index is 0.0929. The molecule has 33 heavy (non-hydrogen) atoms. The molecule has 7 nitrogen and oxygen atoms in total. The van der Waals surface area contributed by atoms with Gasteiger partial charge in [-0.05, 0) is 50.3 Å². The third kappa shape index (κ3) is 6.00. The number of nitrogens with one attached hydrogen (secondary N) is 2. The second-order valence-electron chi connectivity index (χ2n) is 8.09. The van der Waals surface area contributed by atoms with Crippen molar-refractivity contribution >= 4 is 15.9 Å². The van der Waals surface area contributed by atoms with E-state index in [0.717, 1.165) is 17.7 Å². The molecule has 1 atom stereocenters. The molecule has 1 aliphatic rings. The highest BCUT2D eigenvalue weighted by molar-refractivity contribution is 7.89. The van der Waals surface area contributed by atoms with Crippen LogP contribution in [0.3, 0.4) is 0 Å². The minimum atomic E-state index is -4.14. The van der Waals surface area contributed by atoms with Crippen molar-refractivity contribution in [3.05, 3.63) is 53.6 Å². The van der Waals surface area contributed by atoms with Crippen molar-refractivity contribution in [1.82, 2.24) is 10.0 Å². The van der Waals surface area contributed by atoms with Gasteiger partial charge in [0.15, 0.2) is 11.5 Å². The fraction of sp³-hybridized carbons (Fsp3) is 0.435. The van der Waals surface area contributed by atoms with Crippen LogP contribution in [0, 0.1) is 17.6 Å². The van der Waals surface area contributed by atoms with Crippen molar-refractivity contribution in [2.45, 2.75) is 49.6 Å². The normalized spacial score (nSPS) is 19.5. The summed E-state index contributed by atoms with van der Waals surface area (Å²) in [6.45, 7) is 1.82. The van der Waals surface area contributed by atoms with Crippen molar-refractivity contribution in [3.63, 3.8) is 0 Å². The minimum Gasteiger partial charge on any atom is -0.493 e. The van der Waals surface area contributed by atoms with E-state index in [0.29, 0.717) is 25.7 Å². The molecule has 1 amide bonds. The van der Waals surface area contributed by atoms with Gasteiger partial charge in [-0.15, -0.1) is 0 Å². The highest BCUT2D eigenvalue weighted by Gasteiger charge is 2.31. The molecule has 3 rings (SSSR count). The Hall–Kier alpha value is -2.72. The second-order valence-corrected chi connectivity index (χ2v) is 9.77. The number of ether oxygens (including phenoxy) is 2. The average Bonchev–Trinajstić information content (AvgIpc) is 2.79. The Bertz CT molecular complexity index is 1080. The van der Waals surface area contributed by atoms with Crippen LogP contribution >= 0.6 is 0 Å². The van der Waals surface area contributed by atoms with Crippen molar-refractivity contribution < 1.29 is 31.5 Å². The van der Waals surface area contributed by atoms with Gasteiger partial charge in [0.05, 0.1) is 20.3 Å². The molecular weight excluding hydrogens is 454 g/mol. The van der Waals surface area contributed by atoms with E-state index in [2.05, 4.69) is 10.0 Å². The standard InChI is InChI=1S/C23H28F2N2O5S/c1-14(15-4-8-17(24)9-5-15)26-23(28)16-6-10-18(11-7-16)27-33(29,30)22-13-21(32-3)20(31-2)12-19(22)25/h4-5,8-9,12-14,16,18,27H,6-7,10-11H2,1-3H3,(H,26,28)/t14-,16-,18-/m1/s1. The number of benzene rings is 2. The first kappa shape index (κ1) is 24.9. The molecule has 0 unspecified atom stereocenters. The third-order valence-electron chi connectivity index (χ3n) is 5.88. The number of carbonyl (C=O) groups is 1. The lowest BCUT2D eigenvalue weighted by Gasteiger charge is -2.29. The number of hydrogen-bond acceptors (Lipinski definition) is 5. The molecule has 0 heterocycles. The molecule has 1 saturated carbocycles. The Kier molecular flexibility index (Phi) is 7.91. The molecule has 0 bridgehead atoms. The van der Waals surface area contributed by atoms with E-state index in [1.54, 1.807) is 12.1 Å². The van der Waals surface area contributed by atoms with Gasteiger partial charge in [-0.2, -0.15) is 0 Å². The van der Waals surface area contributed by atoms with Crippen LogP contribution in [-0.4, -0.2) is 34.6 Å². The number of hydrogen-bond donors (Lipinski definition) is 2. The van der Waals surface area contributed by atoms with Crippen LogP contribution in [0.1, 0.15) is 44.2 Å². The number of carbonyl (C=O) groups excluding carboxylic acids is 1. The molecular formula is C23H28F2N2O5S. The molecule has 1 aliphatic carbocycles. The summed E-state index contributed by atoms with van der Waals surface area (Å²) in [7, 11) is -1.47. The number of rotatable bonds is 8. The van der Waals surface area contributed by atoms with Crippen LogP contribution < -0.4 is 19.5 Å². The van der Waals surface area contributed by atoms with Gasteiger partial charge in [-0.25, -0.2) is 21.9 Å². The maximum atomic E-state index is 14.4. The van der Waals surface area contributed by atoms with Crippen LogP contribution in [0.25, 0.3) is 0 Å². The summed E-state index contributed by atoms with van der Waals surface area (Å²) in [4.78, 5) is 12.1. The van der Waals surface area contributed by atoms with Gasteiger partial charge >= 0.3 is 0 Å². The number of sulfonamides is 1. The Morgan fingerprint density at radius 1 is 1.00 bits per heavy atom. The summed E-state index contributed by atoms with van der Waals surface area (Å²) < 4.78 is 65.7. The van der Waals surface area contributed by atoms with Gasteiger partial charge in [-0.3, -0.25) is 4.79 Å². The van der Waals surface area contributed by atoms with Crippen LogP contribution in [0.2, 0.25) is 0 Å². The molecule has 0 aliphatic heterocycles. The van der Waals surface area contributed by atoms with E-state index >= 15 is 0 Å². The lowest BCUT2D eigenvalue weighted by molar-refractivity contribution is -0.126. The smallest absolute Gasteiger partial charge is 0.243 e. The van der Waals surface area contributed by atoms with Gasteiger partial charge in [0.2, 0.25) is 15.9 Å². The molecule has 1 fully saturated rings. The fourth-order valence-electron chi connectivity index (χ4n) is 3.96. The summed E-state index contributed by atoms with van der Waals surface area (Å²) in [6.07, 6.45) is 1.86. The van der Waals surface area contributed by atoms with E-state index in [9.17, 15) is 22.0 Å². The Morgan fingerprint density at radius 3 is 2.15 bits per heavy atom.